The molecule has 0 spiro atoms. The Bertz CT molecular complexity index is 1290. The number of hydrogen-bond donors (Lipinski definition) is 1. The Morgan fingerprint density at radius 1 is 0.976 bits per heavy atom. The third-order valence-electron chi connectivity index (χ3n) is 6.03. The number of esters is 1. The zero-order valence-electron chi connectivity index (χ0n) is 24.5. The summed E-state index contributed by atoms with van der Waals surface area (Å²) < 4.78 is 10.2. The Kier molecular flexibility index (Phi) is 11.1. The molecule has 2 heterocycles. The number of ether oxygens (including phenoxy) is 2. The molecule has 2 amide bonds. The van der Waals surface area contributed by atoms with E-state index < -0.39 is 35.6 Å². The van der Waals surface area contributed by atoms with Gasteiger partial charge in [0.1, 0.15) is 23.0 Å². The highest BCUT2D eigenvalue weighted by Crippen LogP contribution is 2.17. The van der Waals surface area contributed by atoms with Gasteiger partial charge in [0.25, 0.3) is 5.91 Å². The number of carbonyl (C=O) groups is 5. The molecule has 3 rings (SSSR count). The van der Waals surface area contributed by atoms with Crippen LogP contribution in [-0.4, -0.2) is 94.1 Å². The molecule has 1 aromatic carbocycles. The van der Waals surface area contributed by atoms with Crippen molar-refractivity contribution in [2.45, 2.75) is 59.1 Å². The zero-order valence-corrected chi connectivity index (χ0v) is 24.5. The first-order valence-corrected chi connectivity index (χ1v) is 13.7. The van der Waals surface area contributed by atoms with Crippen molar-refractivity contribution in [3.8, 4) is 11.4 Å². The third-order valence-corrected chi connectivity index (χ3v) is 6.03. The van der Waals surface area contributed by atoms with Gasteiger partial charge in [0, 0.05) is 32.0 Å². The maximum Gasteiger partial charge on any atom is 0.527 e. The number of amides is 2. The largest absolute Gasteiger partial charge is 0.527 e. The predicted molar refractivity (Wildman–Crippen MR) is 150 cm³/mol. The summed E-state index contributed by atoms with van der Waals surface area (Å²) in [6, 6.07) is 9.04. The number of piperazine rings is 1. The van der Waals surface area contributed by atoms with Crippen molar-refractivity contribution in [1.82, 2.24) is 25.2 Å². The van der Waals surface area contributed by atoms with E-state index in [4.69, 9.17) is 14.3 Å². The van der Waals surface area contributed by atoms with Gasteiger partial charge in [0.05, 0.1) is 19.7 Å². The van der Waals surface area contributed by atoms with Gasteiger partial charge in [0.2, 0.25) is 5.91 Å². The lowest BCUT2D eigenvalue weighted by Gasteiger charge is -2.35. The van der Waals surface area contributed by atoms with Gasteiger partial charge in [-0.1, -0.05) is 30.3 Å². The lowest BCUT2D eigenvalue weighted by molar-refractivity contribution is -0.158. The molecule has 0 unspecified atom stereocenters. The van der Waals surface area contributed by atoms with Gasteiger partial charge in [-0.15, -0.1) is 5.06 Å². The van der Waals surface area contributed by atoms with Crippen LogP contribution in [0, 0.1) is 0 Å². The van der Waals surface area contributed by atoms with Crippen LogP contribution in [0.25, 0.3) is 11.4 Å². The molecule has 0 aliphatic carbocycles. The second-order valence-corrected chi connectivity index (χ2v) is 10.6. The Balaban J connectivity index is 1.79. The average molecular weight is 584 g/mol. The molecule has 2 aromatic rings. The molecule has 1 aliphatic heterocycles. The Morgan fingerprint density at radius 3 is 2.21 bits per heavy atom. The van der Waals surface area contributed by atoms with E-state index in [1.54, 1.807) is 52.0 Å². The fraction of sp³-hybridized carbons (Fsp3) is 0.483. The zero-order chi connectivity index (χ0) is 30.9. The second-order valence-electron chi connectivity index (χ2n) is 10.6. The van der Waals surface area contributed by atoms with Gasteiger partial charge in [-0.25, -0.2) is 14.8 Å². The Morgan fingerprint density at radius 2 is 1.62 bits per heavy atom. The number of nitrogens with zero attached hydrogens (tertiary/aromatic N) is 4. The standard InChI is InChI=1S/C29H37N5O8/c1-6-40-28(39)42-34-16-14-33(15-17-34)27(38)21(12-13-24(36)41-29(3,4)5)32-26(37)23-18-22(19(2)35)30-25(31-23)20-10-8-7-9-11-20/h7-11,18,21H,6,12-17H2,1-5H3,(H,32,37)/t21-/m0/s1. The maximum atomic E-state index is 13.6. The highest BCUT2D eigenvalue weighted by molar-refractivity contribution is 5.99. The summed E-state index contributed by atoms with van der Waals surface area (Å²) in [6.07, 6.45) is -0.989. The highest BCUT2D eigenvalue weighted by Gasteiger charge is 2.31. The van der Waals surface area contributed by atoms with Gasteiger partial charge < -0.3 is 24.5 Å². The summed E-state index contributed by atoms with van der Waals surface area (Å²) >= 11 is 0. The minimum Gasteiger partial charge on any atom is -0.460 e. The number of nitrogens with one attached hydrogen (secondary N) is 1. The normalized spacial score (nSPS) is 14.5. The molecular weight excluding hydrogens is 546 g/mol. The number of Topliss-reactive ketones (excluding diaryl/α,β-unsaturated/α-hetero) is 1. The molecular formula is C29H37N5O8. The van der Waals surface area contributed by atoms with E-state index in [0.717, 1.165) is 0 Å². The Hall–Kier alpha value is -4.39. The lowest BCUT2D eigenvalue weighted by Crippen LogP contribution is -2.55. The summed E-state index contributed by atoms with van der Waals surface area (Å²) in [5, 5.41) is 4.09. The second kappa shape index (κ2) is 14.5. The molecule has 13 nitrogen and oxygen atoms in total. The van der Waals surface area contributed by atoms with Crippen LogP contribution in [0.1, 0.15) is 68.4 Å². The quantitative estimate of drug-likeness (QED) is 0.324. The van der Waals surface area contributed by atoms with E-state index in [1.165, 1.54) is 23.0 Å². The van der Waals surface area contributed by atoms with Crippen LogP contribution in [0.3, 0.4) is 0 Å². The SMILES string of the molecule is CCOC(=O)ON1CCN(C(=O)[C@H](CCC(=O)OC(C)(C)C)NC(=O)c2cc(C(C)=O)nc(-c3ccccc3)n2)CC1. The van der Waals surface area contributed by atoms with Gasteiger partial charge in [-0.05, 0) is 40.2 Å². The number of hydrogen-bond acceptors (Lipinski definition) is 11. The van der Waals surface area contributed by atoms with Crippen LogP contribution in [0.2, 0.25) is 0 Å². The smallest absolute Gasteiger partial charge is 0.460 e. The lowest BCUT2D eigenvalue weighted by atomic mass is 10.1. The van der Waals surface area contributed by atoms with Gasteiger partial charge >= 0.3 is 12.1 Å². The van der Waals surface area contributed by atoms with Gasteiger partial charge in [-0.3, -0.25) is 19.2 Å². The van der Waals surface area contributed by atoms with E-state index in [0.29, 0.717) is 5.56 Å². The molecule has 0 radical (unpaired) electrons. The first-order valence-electron chi connectivity index (χ1n) is 13.7. The number of rotatable bonds is 10. The van der Waals surface area contributed by atoms with Gasteiger partial charge in [-0.2, -0.15) is 0 Å². The minimum atomic E-state index is -1.10. The van der Waals surface area contributed by atoms with Crippen LogP contribution >= 0.6 is 0 Å². The minimum absolute atomic E-state index is 0.0325. The van der Waals surface area contributed by atoms with Crippen molar-refractivity contribution >= 4 is 29.7 Å². The van der Waals surface area contributed by atoms with Crippen LogP contribution in [0.5, 0.6) is 0 Å². The molecule has 42 heavy (non-hydrogen) atoms. The van der Waals surface area contributed by atoms with Crippen LogP contribution in [0.4, 0.5) is 4.79 Å². The van der Waals surface area contributed by atoms with E-state index in [1.807, 2.05) is 6.07 Å². The molecule has 1 fully saturated rings. The summed E-state index contributed by atoms with van der Waals surface area (Å²) in [4.78, 5) is 78.5. The van der Waals surface area contributed by atoms with E-state index in [-0.39, 0.29) is 68.6 Å². The first kappa shape index (κ1) is 32.1. The van der Waals surface area contributed by atoms with Crippen LogP contribution in [0.15, 0.2) is 36.4 Å². The monoisotopic (exact) mass is 583 g/mol. The topological polar surface area (TPSA) is 157 Å². The number of hydroxylamine groups is 2. The molecule has 0 saturated carbocycles. The van der Waals surface area contributed by atoms with E-state index >= 15 is 0 Å². The van der Waals surface area contributed by atoms with Crippen molar-refractivity contribution in [2.24, 2.45) is 0 Å². The Labute approximate surface area is 244 Å². The third kappa shape index (κ3) is 9.61. The number of aromatic nitrogens is 2. The van der Waals surface area contributed by atoms with Crippen molar-refractivity contribution < 1.29 is 38.3 Å². The predicted octanol–water partition coefficient (Wildman–Crippen LogP) is 2.80. The molecule has 1 aliphatic rings. The molecule has 1 N–H and O–H groups in total. The first-order chi connectivity index (χ1) is 19.9. The fourth-order valence-corrected chi connectivity index (χ4v) is 4.07. The summed E-state index contributed by atoms with van der Waals surface area (Å²) in [6.45, 7) is 9.23. The van der Waals surface area contributed by atoms with E-state index in [9.17, 15) is 24.0 Å². The van der Waals surface area contributed by atoms with Crippen LogP contribution in [-0.2, 0) is 23.9 Å². The molecule has 1 aromatic heterocycles. The summed E-state index contributed by atoms with van der Waals surface area (Å²) in [7, 11) is 0. The number of ketones is 1. The summed E-state index contributed by atoms with van der Waals surface area (Å²) in [5.41, 5.74) is -0.164. The fourth-order valence-electron chi connectivity index (χ4n) is 4.07. The van der Waals surface area contributed by atoms with Crippen molar-refractivity contribution in [3.63, 3.8) is 0 Å². The van der Waals surface area contributed by atoms with Gasteiger partial charge in [0.15, 0.2) is 11.6 Å². The number of carbonyl (C=O) groups excluding carboxylic acids is 5. The van der Waals surface area contributed by atoms with Crippen LogP contribution < -0.4 is 5.32 Å². The van der Waals surface area contributed by atoms with Crippen molar-refractivity contribution in [1.29, 1.82) is 0 Å². The number of benzene rings is 1. The molecule has 1 atom stereocenters. The molecule has 226 valence electrons. The molecule has 0 bridgehead atoms. The highest BCUT2D eigenvalue weighted by atomic mass is 16.8. The summed E-state index contributed by atoms with van der Waals surface area (Å²) in [5.74, 6) is -1.82. The maximum absolute atomic E-state index is 13.6. The molecule has 13 heteroatoms. The average Bonchev–Trinajstić information content (AvgIpc) is 2.94. The van der Waals surface area contributed by atoms with Crippen molar-refractivity contribution in [3.05, 3.63) is 47.8 Å². The molecule has 1 saturated heterocycles. The van der Waals surface area contributed by atoms with Crippen molar-refractivity contribution in [2.75, 3.05) is 32.8 Å². The van der Waals surface area contributed by atoms with E-state index in [2.05, 4.69) is 15.3 Å².